The number of hydrogen-bond donors (Lipinski definition) is 1. The fourth-order valence-electron chi connectivity index (χ4n) is 3.38. The van der Waals surface area contributed by atoms with Crippen LogP contribution in [0.5, 0.6) is 0 Å². The van der Waals surface area contributed by atoms with Crippen LogP contribution in [0.4, 0.5) is 0 Å². The molecule has 3 heteroatoms. The van der Waals surface area contributed by atoms with E-state index in [0.29, 0.717) is 0 Å². The van der Waals surface area contributed by atoms with E-state index in [1.165, 1.54) is 31.3 Å². The number of rotatable bonds is 2. The Labute approximate surface area is 138 Å². The number of thiophene rings is 1. The summed E-state index contributed by atoms with van der Waals surface area (Å²) in [6, 6.07) is 25.8. The number of fused-ring (bicyclic) bond motifs is 3. The van der Waals surface area contributed by atoms with Crippen molar-refractivity contribution in [2.24, 2.45) is 0 Å². The first-order chi connectivity index (χ1) is 11.4. The van der Waals surface area contributed by atoms with Gasteiger partial charge in [0.15, 0.2) is 0 Å². The molecule has 0 amide bonds. The van der Waals surface area contributed by atoms with E-state index in [2.05, 4.69) is 78.1 Å². The monoisotopic (exact) mass is 316 g/mol. The predicted octanol–water partition coefficient (Wildman–Crippen LogP) is 4.70. The largest absolute Gasteiger partial charge is 0.549 e. The molecule has 2 unspecified atom stereocenters. The van der Waals surface area contributed by atoms with Gasteiger partial charge in [-0.3, -0.25) is 0 Å². The van der Waals surface area contributed by atoms with E-state index < -0.39 is 0 Å². The minimum atomic E-state index is 0.219. The summed E-state index contributed by atoms with van der Waals surface area (Å²) in [5, 5.41) is 10.0. The molecule has 23 heavy (non-hydrogen) atoms. The molecule has 1 saturated heterocycles. The van der Waals surface area contributed by atoms with E-state index in [4.69, 9.17) is 5.32 Å². The van der Waals surface area contributed by atoms with E-state index in [1.54, 1.807) is 0 Å². The molecule has 0 bridgehead atoms. The smallest absolute Gasteiger partial charge is 0.0427 e. The predicted molar refractivity (Wildman–Crippen MR) is 96.5 cm³/mol. The molecule has 2 atom stereocenters. The number of benzene rings is 3. The van der Waals surface area contributed by atoms with Gasteiger partial charge in [0, 0.05) is 38.1 Å². The molecule has 1 aromatic heterocycles. The SMILES string of the molecule is c1ccc(C2[N-]C(c3cccc4c3sc3ccccc34)[NH2+]2)cc1. The Balaban J connectivity index is 1.52. The summed E-state index contributed by atoms with van der Waals surface area (Å²) in [5.74, 6) is 0. The van der Waals surface area contributed by atoms with Crippen LogP contribution < -0.4 is 5.32 Å². The maximum atomic E-state index is 4.93. The Bertz CT molecular complexity index is 984. The molecular weight excluding hydrogens is 300 g/mol. The molecule has 0 aliphatic carbocycles. The van der Waals surface area contributed by atoms with Gasteiger partial charge in [-0.05, 0) is 11.6 Å². The zero-order valence-electron chi connectivity index (χ0n) is 12.5. The summed E-state index contributed by atoms with van der Waals surface area (Å²) < 4.78 is 2.74. The standard InChI is InChI=1S/C20H15N2S/c1-2-7-13(8-3-1)19-21-20(22-19)16-11-6-10-15-14-9-4-5-12-17(14)23-18(15)16/h1-12,19-21H/q-1/p+1. The summed E-state index contributed by atoms with van der Waals surface area (Å²) in [6.07, 6.45) is 0.461. The summed E-state index contributed by atoms with van der Waals surface area (Å²) in [7, 11) is 0. The van der Waals surface area contributed by atoms with Gasteiger partial charge in [-0.1, -0.05) is 66.7 Å². The second kappa shape index (κ2) is 5.17. The average molecular weight is 316 g/mol. The second-order valence-electron chi connectivity index (χ2n) is 5.96. The Kier molecular flexibility index (Phi) is 2.98. The van der Waals surface area contributed by atoms with Crippen molar-refractivity contribution in [1.29, 1.82) is 0 Å². The van der Waals surface area contributed by atoms with Crippen LogP contribution in [0, 0.1) is 0 Å². The first-order valence-electron chi connectivity index (χ1n) is 7.90. The minimum absolute atomic E-state index is 0.219. The molecule has 1 aliphatic heterocycles. The van der Waals surface area contributed by atoms with Crippen molar-refractivity contribution in [3.05, 3.63) is 89.2 Å². The maximum Gasteiger partial charge on any atom is 0.0427 e. The number of quaternary nitrogens is 1. The second-order valence-corrected chi connectivity index (χ2v) is 7.02. The summed E-state index contributed by atoms with van der Waals surface area (Å²) in [6.45, 7) is 0. The average Bonchev–Trinajstić information content (AvgIpc) is 2.94. The normalized spacial score (nSPS) is 20.7. The molecule has 1 fully saturated rings. The molecule has 3 aromatic carbocycles. The van der Waals surface area contributed by atoms with E-state index in [9.17, 15) is 0 Å². The molecule has 0 spiro atoms. The van der Waals surface area contributed by atoms with Gasteiger partial charge < -0.3 is 10.6 Å². The number of nitrogens with zero attached hydrogens (tertiary/aromatic N) is 1. The third-order valence-corrected chi connectivity index (χ3v) is 5.82. The highest BCUT2D eigenvalue weighted by atomic mass is 32.1. The van der Waals surface area contributed by atoms with Gasteiger partial charge >= 0.3 is 0 Å². The highest BCUT2D eigenvalue weighted by Crippen LogP contribution is 2.41. The zero-order valence-corrected chi connectivity index (χ0v) is 13.3. The maximum absolute atomic E-state index is 4.93. The van der Waals surface area contributed by atoms with Gasteiger partial charge in [-0.2, -0.15) is 0 Å². The Hall–Kier alpha value is -2.20. The lowest BCUT2D eigenvalue weighted by Gasteiger charge is -2.49. The van der Waals surface area contributed by atoms with Gasteiger partial charge in [-0.25, -0.2) is 0 Å². The van der Waals surface area contributed by atoms with Crippen LogP contribution in [0.3, 0.4) is 0 Å². The quantitative estimate of drug-likeness (QED) is 0.555. The molecule has 2 heterocycles. The first-order valence-corrected chi connectivity index (χ1v) is 8.72. The third-order valence-electron chi connectivity index (χ3n) is 4.58. The Morgan fingerprint density at radius 3 is 2.35 bits per heavy atom. The Morgan fingerprint density at radius 2 is 1.48 bits per heavy atom. The summed E-state index contributed by atoms with van der Waals surface area (Å²) in [4.78, 5) is 0. The lowest BCUT2D eigenvalue weighted by Crippen LogP contribution is -2.93. The minimum Gasteiger partial charge on any atom is -0.549 e. The molecular formula is C20H16N2S. The van der Waals surface area contributed by atoms with E-state index in [1.807, 2.05) is 11.3 Å². The van der Waals surface area contributed by atoms with Gasteiger partial charge in [0.1, 0.15) is 0 Å². The van der Waals surface area contributed by atoms with Crippen LogP contribution in [0.1, 0.15) is 23.5 Å². The van der Waals surface area contributed by atoms with Crippen LogP contribution in [0.15, 0.2) is 72.8 Å². The Morgan fingerprint density at radius 1 is 0.739 bits per heavy atom. The molecule has 0 radical (unpaired) electrons. The number of nitrogens with two attached hydrogens (primary N) is 1. The van der Waals surface area contributed by atoms with Crippen LogP contribution in [0.25, 0.3) is 25.5 Å². The number of hydrogen-bond acceptors (Lipinski definition) is 1. The van der Waals surface area contributed by atoms with Crippen molar-refractivity contribution >= 4 is 31.5 Å². The van der Waals surface area contributed by atoms with Gasteiger partial charge in [0.05, 0.1) is 0 Å². The lowest BCUT2D eigenvalue weighted by atomic mass is 10.0. The van der Waals surface area contributed by atoms with Crippen molar-refractivity contribution < 1.29 is 5.32 Å². The van der Waals surface area contributed by atoms with Crippen LogP contribution in [0.2, 0.25) is 0 Å². The summed E-state index contributed by atoms with van der Waals surface area (Å²) >= 11 is 1.88. The molecule has 2 nitrogen and oxygen atoms in total. The van der Waals surface area contributed by atoms with Crippen molar-refractivity contribution in [3.63, 3.8) is 0 Å². The van der Waals surface area contributed by atoms with Gasteiger partial charge in [-0.15, -0.1) is 11.3 Å². The molecule has 2 N–H and O–H groups in total. The molecule has 4 aromatic rings. The van der Waals surface area contributed by atoms with Crippen molar-refractivity contribution in [2.75, 3.05) is 0 Å². The zero-order chi connectivity index (χ0) is 15.2. The molecule has 0 saturated carbocycles. The van der Waals surface area contributed by atoms with E-state index in [-0.39, 0.29) is 12.3 Å². The van der Waals surface area contributed by atoms with Crippen molar-refractivity contribution in [3.8, 4) is 0 Å². The lowest BCUT2D eigenvalue weighted by molar-refractivity contribution is -0.765. The van der Waals surface area contributed by atoms with Crippen LogP contribution in [-0.2, 0) is 0 Å². The fourth-order valence-corrected chi connectivity index (χ4v) is 4.63. The fraction of sp³-hybridized carbons (Fsp3) is 0.100. The van der Waals surface area contributed by atoms with Crippen molar-refractivity contribution in [2.45, 2.75) is 12.3 Å². The third kappa shape index (κ3) is 2.09. The highest BCUT2D eigenvalue weighted by Gasteiger charge is 2.24. The first kappa shape index (κ1) is 13.3. The summed E-state index contributed by atoms with van der Waals surface area (Å²) in [5.41, 5.74) is 2.63. The van der Waals surface area contributed by atoms with Crippen molar-refractivity contribution in [1.82, 2.24) is 0 Å². The topological polar surface area (TPSA) is 30.7 Å². The van der Waals surface area contributed by atoms with E-state index in [0.717, 1.165) is 0 Å². The molecule has 112 valence electrons. The van der Waals surface area contributed by atoms with Gasteiger partial charge in [0.25, 0.3) is 0 Å². The molecule has 1 aliphatic rings. The molecule has 5 rings (SSSR count). The van der Waals surface area contributed by atoms with Crippen LogP contribution >= 0.6 is 11.3 Å². The van der Waals surface area contributed by atoms with E-state index >= 15 is 0 Å². The van der Waals surface area contributed by atoms with Gasteiger partial charge in [0.2, 0.25) is 0 Å². The highest BCUT2D eigenvalue weighted by molar-refractivity contribution is 7.26. The van der Waals surface area contributed by atoms with Crippen LogP contribution in [-0.4, -0.2) is 0 Å².